The van der Waals surface area contributed by atoms with Crippen LogP contribution in [0.2, 0.25) is 5.02 Å². The second-order valence-electron chi connectivity index (χ2n) is 7.03. The first-order chi connectivity index (χ1) is 14.1. The van der Waals surface area contributed by atoms with E-state index in [-0.39, 0.29) is 18.6 Å². The molecule has 2 aliphatic heterocycles. The quantitative estimate of drug-likeness (QED) is 0.746. The van der Waals surface area contributed by atoms with Gasteiger partial charge in [-0.15, -0.1) is 0 Å². The van der Waals surface area contributed by atoms with Gasteiger partial charge in [-0.1, -0.05) is 23.7 Å². The summed E-state index contributed by atoms with van der Waals surface area (Å²) in [4.78, 5) is 26.2. The Kier molecular flexibility index (Phi) is 5.71. The van der Waals surface area contributed by atoms with Gasteiger partial charge in [0.1, 0.15) is 0 Å². The predicted molar refractivity (Wildman–Crippen MR) is 111 cm³/mol. The van der Waals surface area contributed by atoms with Crippen LogP contribution >= 0.6 is 11.6 Å². The fraction of sp³-hybridized carbons (Fsp3) is 0.273. The van der Waals surface area contributed by atoms with Gasteiger partial charge in [0.2, 0.25) is 18.6 Å². The summed E-state index contributed by atoms with van der Waals surface area (Å²) in [5.41, 5.74) is 2.42. The van der Waals surface area contributed by atoms with E-state index in [0.717, 1.165) is 30.5 Å². The number of hydrogen-bond donors (Lipinski definition) is 1. The Hall–Kier alpha value is -2.99. The summed E-state index contributed by atoms with van der Waals surface area (Å²) in [6, 6.07) is 11.0. The fourth-order valence-electron chi connectivity index (χ4n) is 3.44. The van der Waals surface area contributed by atoms with Crippen molar-refractivity contribution in [3.8, 4) is 11.5 Å². The number of rotatable bonds is 5. The van der Waals surface area contributed by atoms with E-state index in [4.69, 9.17) is 21.1 Å². The summed E-state index contributed by atoms with van der Waals surface area (Å²) in [7, 11) is 0. The van der Waals surface area contributed by atoms with Gasteiger partial charge in [-0.3, -0.25) is 9.59 Å². The molecule has 1 saturated heterocycles. The van der Waals surface area contributed by atoms with E-state index in [0.29, 0.717) is 35.2 Å². The Labute approximate surface area is 174 Å². The molecule has 1 fully saturated rings. The highest BCUT2D eigenvalue weighted by atomic mass is 35.5. The van der Waals surface area contributed by atoms with Crippen molar-refractivity contribution in [2.24, 2.45) is 0 Å². The number of nitrogens with one attached hydrogen (secondary N) is 1. The van der Waals surface area contributed by atoms with Crippen molar-refractivity contribution in [2.75, 3.05) is 18.7 Å². The van der Waals surface area contributed by atoms with Gasteiger partial charge in [0.15, 0.2) is 11.5 Å². The van der Waals surface area contributed by atoms with Crippen molar-refractivity contribution in [2.45, 2.75) is 25.8 Å². The number of anilines is 1. The van der Waals surface area contributed by atoms with E-state index in [1.54, 1.807) is 18.2 Å². The third kappa shape index (κ3) is 4.71. The maximum absolute atomic E-state index is 12.3. The van der Waals surface area contributed by atoms with Gasteiger partial charge in [-0.2, -0.15) is 0 Å². The topological polar surface area (TPSA) is 67.9 Å². The van der Waals surface area contributed by atoms with Crippen molar-refractivity contribution < 1.29 is 19.1 Å². The van der Waals surface area contributed by atoms with Crippen molar-refractivity contribution in [3.05, 3.63) is 58.6 Å². The van der Waals surface area contributed by atoms with Gasteiger partial charge in [0.05, 0.1) is 5.02 Å². The summed E-state index contributed by atoms with van der Waals surface area (Å²) in [6.45, 7) is 1.49. The molecular formula is C22H21ClN2O4. The summed E-state index contributed by atoms with van der Waals surface area (Å²) in [5.74, 6) is 1.02. The van der Waals surface area contributed by atoms with E-state index < -0.39 is 0 Å². The SMILES string of the molecule is O=C(/C=C/c1cc(Cl)c2c(c1)OCO2)Nc1cccc(CN2CCCCC2=O)c1. The summed E-state index contributed by atoms with van der Waals surface area (Å²) < 4.78 is 10.6. The van der Waals surface area contributed by atoms with Gasteiger partial charge >= 0.3 is 0 Å². The van der Waals surface area contributed by atoms with Crippen LogP contribution in [-0.4, -0.2) is 30.1 Å². The zero-order valence-electron chi connectivity index (χ0n) is 15.8. The van der Waals surface area contributed by atoms with Gasteiger partial charge < -0.3 is 19.7 Å². The first-order valence-corrected chi connectivity index (χ1v) is 9.91. The standard InChI is InChI=1S/C22H21ClN2O4/c23-18-11-15(12-19-22(18)29-14-28-19)7-8-20(26)24-17-5-3-4-16(10-17)13-25-9-2-1-6-21(25)27/h3-5,7-8,10-12H,1-2,6,9,13-14H2,(H,24,26)/b8-7+. The van der Waals surface area contributed by atoms with E-state index in [1.807, 2.05) is 29.2 Å². The van der Waals surface area contributed by atoms with Crippen molar-refractivity contribution >= 4 is 35.2 Å². The zero-order chi connectivity index (χ0) is 20.2. The fourth-order valence-corrected chi connectivity index (χ4v) is 3.71. The third-order valence-electron chi connectivity index (χ3n) is 4.87. The first kappa shape index (κ1) is 19.3. The maximum Gasteiger partial charge on any atom is 0.248 e. The van der Waals surface area contributed by atoms with E-state index in [9.17, 15) is 9.59 Å². The van der Waals surface area contributed by atoms with Crippen LogP contribution in [0.15, 0.2) is 42.5 Å². The smallest absolute Gasteiger partial charge is 0.248 e. The molecule has 0 saturated carbocycles. The second kappa shape index (κ2) is 8.57. The molecule has 29 heavy (non-hydrogen) atoms. The summed E-state index contributed by atoms with van der Waals surface area (Å²) in [5, 5.41) is 3.29. The predicted octanol–water partition coefficient (Wildman–Crippen LogP) is 4.23. The molecule has 0 aliphatic carbocycles. The highest BCUT2D eigenvalue weighted by Gasteiger charge is 2.19. The minimum absolute atomic E-state index is 0.141. The van der Waals surface area contributed by atoms with Gasteiger partial charge in [-0.25, -0.2) is 0 Å². The second-order valence-corrected chi connectivity index (χ2v) is 7.44. The van der Waals surface area contributed by atoms with Crippen LogP contribution in [0.3, 0.4) is 0 Å². The highest BCUT2D eigenvalue weighted by molar-refractivity contribution is 6.32. The van der Waals surface area contributed by atoms with E-state index in [2.05, 4.69) is 5.32 Å². The van der Waals surface area contributed by atoms with Crippen LogP contribution in [0.1, 0.15) is 30.4 Å². The molecule has 2 aromatic carbocycles. The molecule has 2 heterocycles. The minimum Gasteiger partial charge on any atom is -0.454 e. The monoisotopic (exact) mass is 412 g/mol. The van der Waals surface area contributed by atoms with Crippen molar-refractivity contribution in [1.82, 2.24) is 4.90 Å². The molecule has 2 aromatic rings. The molecule has 0 bridgehead atoms. The molecule has 150 valence electrons. The lowest BCUT2D eigenvalue weighted by molar-refractivity contribution is -0.133. The Balaban J connectivity index is 1.39. The lowest BCUT2D eigenvalue weighted by atomic mass is 10.1. The molecule has 0 aromatic heterocycles. The number of amides is 2. The van der Waals surface area contributed by atoms with Crippen LogP contribution in [0.4, 0.5) is 5.69 Å². The Bertz CT molecular complexity index is 973. The van der Waals surface area contributed by atoms with Gasteiger partial charge in [-0.05, 0) is 54.3 Å². The normalized spacial score (nSPS) is 15.8. The summed E-state index contributed by atoms with van der Waals surface area (Å²) in [6.07, 6.45) is 5.72. The number of fused-ring (bicyclic) bond motifs is 1. The maximum atomic E-state index is 12.3. The number of hydrogen-bond acceptors (Lipinski definition) is 4. The molecule has 4 rings (SSSR count). The molecule has 0 unspecified atom stereocenters. The van der Waals surface area contributed by atoms with Crippen LogP contribution < -0.4 is 14.8 Å². The third-order valence-corrected chi connectivity index (χ3v) is 5.15. The first-order valence-electron chi connectivity index (χ1n) is 9.53. The molecular weight excluding hydrogens is 392 g/mol. The molecule has 0 atom stereocenters. The van der Waals surface area contributed by atoms with Crippen molar-refractivity contribution in [1.29, 1.82) is 0 Å². The number of carbonyl (C=O) groups excluding carboxylic acids is 2. The summed E-state index contributed by atoms with van der Waals surface area (Å²) >= 11 is 6.16. The molecule has 2 aliphatic rings. The molecule has 7 heteroatoms. The van der Waals surface area contributed by atoms with E-state index in [1.165, 1.54) is 6.08 Å². The highest BCUT2D eigenvalue weighted by Crippen LogP contribution is 2.40. The van der Waals surface area contributed by atoms with Crippen molar-refractivity contribution in [3.63, 3.8) is 0 Å². The lowest BCUT2D eigenvalue weighted by Gasteiger charge is -2.26. The number of piperidine rings is 1. The van der Waals surface area contributed by atoms with E-state index >= 15 is 0 Å². The number of nitrogens with zero attached hydrogens (tertiary/aromatic N) is 1. The lowest BCUT2D eigenvalue weighted by Crippen LogP contribution is -2.34. The van der Waals surface area contributed by atoms with Crippen LogP contribution in [0.25, 0.3) is 6.08 Å². The number of benzene rings is 2. The molecule has 0 radical (unpaired) electrons. The molecule has 1 N–H and O–H groups in total. The molecule has 6 nitrogen and oxygen atoms in total. The van der Waals surface area contributed by atoms with Crippen LogP contribution in [0.5, 0.6) is 11.5 Å². The van der Waals surface area contributed by atoms with Gasteiger partial charge in [0, 0.05) is 31.3 Å². The molecule has 2 amide bonds. The number of carbonyl (C=O) groups is 2. The number of ether oxygens (including phenoxy) is 2. The molecule has 0 spiro atoms. The van der Waals surface area contributed by atoms with Crippen LogP contribution in [0, 0.1) is 0 Å². The number of halogens is 1. The Morgan fingerprint density at radius 1 is 1.21 bits per heavy atom. The van der Waals surface area contributed by atoms with Gasteiger partial charge in [0.25, 0.3) is 0 Å². The zero-order valence-corrected chi connectivity index (χ0v) is 16.6. The average Bonchev–Trinajstić information content (AvgIpc) is 3.18. The minimum atomic E-state index is -0.259. The Morgan fingerprint density at radius 3 is 2.97 bits per heavy atom. The number of likely N-dealkylation sites (tertiary alicyclic amines) is 1. The average molecular weight is 413 g/mol. The van der Waals surface area contributed by atoms with Crippen LogP contribution in [-0.2, 0) is 16.1 Å². The largest absolute Gasteiger partial charge is 0.454 e. The Morgan fingerprint density at radius 2 is 2.10 bits per heavy atom.